The Hall–Kier alpha value is -0.940. The van der Waals surface area contributed by atoms with Crippen LogP contribution in [-0.4, -0.2) is 35.6 Å². The largest absolute Gasteiger partial charge is 0.396 e. The molecule has 2 unspecified atom stereocenters. The van der Waals surface area contributed by atoms with Crippen LogP contribution >= 0.6 is 0 Å². The van der Waals surface area contributed by atoms with E-state index in [1.165, 1.54) is 0 Å². The molecule has 0 aromatic heterocycles. The van der Waals surface area contributed by atoms with Crippen molar-refractivity contribution < 1.29 is 14.7 Å². The highest BCUT2D eigenvalue weighted by atomic mass is 16.3. The lowest BCUT2D eigenvalue weighted by atomic mass is 10.1. The molecule has 1 rings (SSSR count). The fourth-order valence-corrected chi connectivity index (χ4v) is 1.53. The average Bonchev–Trinajstić information content (AvgIpc) is 2.44. The number of hydrogen-bond donors (Lipinski definition) is 3. The molecular formula is C9H16N2O3. The van der Waals surface area contributed by atoms with E-state index in [2.05, 4.69) is 10.6 Å². The van der Waals surface area contributed by atoms with Crippen molar-refractivity contribution in [3.8, 4) is 0 Å². The number of nitrogens with one attached hydrogen (secondary N) is 2. The third-order valence-corrected chi connectivity index (χ3v) is 2.38. The van der Waals surface area contributed by atoms with Gasteiger partial charge >= 0.3 is 0 Å². The van der Waals surface area contributed by atoms with Gasteiger partial charge in [-0.3, -0.25) is 14.9 Å². The zero-order valence-electron chi connectivity index (χ0n) is 8.25. The summed E-state index contributed by atoms with van der Waals surface area (Å²) in [6.45, 7) is 2.07. The van der Waals surface area contributed by atoms with Crippen LogP contribution in [0.1, 0.15) is 26.2 Å². The molecule has 2 amide bonds. The van der Waals surface area contributed by atoms with Crippen molar-refractivity contribution in [1.29, 1.82) is 0 Å². The maximum atomic E-state index is 11.2. The van der Waals surface area contributed by atoms with Gasteiger partial charge in [0.25, 0.3) is 0 Å². The Morgan fingerprint density at radius 2 is 2.36 bits per heavy atom. The third-order valence-electron chi connectivity index (χ3n) is 2.38. The second-order valence-electron chi connectivity index (χ2n) is 3.45. The highest BCUT2D eigenvalue weighted by Crippen LogP contribution is 2.05. The first kappa shape index (κ1) is 11.1. The molecule has 0 aromatic carbocycles. The SMILES string of the molecule is CCC(CCO)NC1CC(=O)NC1=O. The predicted molar refractivity (Wildman–Crippen MR) is 50.5 cm³/mol. The molecule has 1 aliphatic rings. The summed E-state index contributed by atoms with van der Waals surface area (Å²) in [5.41, 5.74) is 0. The van der Waals surface area contributed by atoms with Crippen LogP contribution in [-0.2, 0) is 9.59 Å². The smallest absolute Gasteiger partial charge is 0.244 e. The molecule has 2 atom stereocenters. The van der Waals surface area contributed by atoms with Gasteiger partial charge in [-0.15, -0.1) is 0 Å². The summed E-state index contributed by atoms with van der Waals surface area (Å²) in [4.78, 5) is 22.1. The van der Waals surface area contributed by atoms with E-state index in [1.807, 2.05) is 6.92 Å². The summed E-state index contributed by atoms with van der Waals surface area (Å²) < 4.78 is 0. The Morgan fingerprint density at radius 1 is 1.64 bits per heavy atom. The van der Waals surface area contributed by atoms with E-state index in [4.69, 9.17) is 5.11 Å². The zero-order chi connectivity index (χ0) is 10.6. The van der Waals surface area contributed by atoms with E-state index in [0.717, 1.165) is 6.42 Å². The van der Waals surface area contributed by atoms with Crippen molar-refractivity contribution in [3.63, 3.8) is 0 Å². The highest BCUT2D eigenvalue weighted by Gasteiger charge is 2.31. The van der Waals surface area contributed by atoms with Crippen LogP contribution < -0.4 is 10.6 Å². The summed E-state index contributed by atoms with van der Waals surface area (Å²) in [6, 6.07) is -0.319. The molecule has 0 spiro atoms. The fraction of sp³-hybridized carbons (Fsp3) is 0.778. The van der Waals surface area contributed by atoms with Gasteiger partial charge in [0.2, 0.25) is 11.8 Å². The molecule has 0 bridgehead atoms. The first-order valence-electron chi connectivity index (χ1n) is 4.88. The number of imide groups is 1. The normalized spacial score (nSPS) is 23.7. The van der Waals surface area contributed by atoms with Crippen LogP contribution in [0.2, 0.25) is 0 Å². The topological polar surface area (TPSA) is 78.4 Å². The van der Waals surface area contributed by atoms with Gasteiger partial charge in [0.15, 0.2) is 0 Å². The van der Waals surface area contributed by atoms with Gasteiger partial charge in [0.1, 0.15) is 0 Å². The van der Waals surface area contributed by atoms with Gasteiger partial charge in [0, 0.05) is 12.6 Å². The summed E-state index contributed by atoms with van der Waals surface area (Å²) >= 11 is 0. The Labute approximate surface area is 82.9 Å². The molecule has 1 heterocycles. The molecule has 1 aliphatic heterocycles. The van der Waals surface area contributed by atoms with Gasteiger partial charge in [-0.05, 0) is 12.8 Å². The number of carbonyl (C=O) groups is 2. The van der Waals surface area contributed by atoms with Gasteiger partial charge < -0.3 is 10.4 Å². The first-order valence-corrected chi connectivity index (χ1v) is 4.88. The second-order valence-corrected chi connectivity index (χ2v) is 3.45. The number of hydrogen-bond acceptors (Lipinski definition) is 4. The van der Waals surface area contributed by atoms with E-state index in [-0.39, 0.29) is 30.9 Å². The molecule has 14 heavy (non-hydrogen) atoms. The van der Waals surface area contributed by atoms with Crippen LogP contribution in [0.25, 0.3) is 0 Å². The van der Waals surface area contributed by atoms with E-state index in [9.17, 15) is 9.59 Å². The van der Waals surface area contributed by atoms with Crippen molar-refractivity contribution in [3.05, 3.63) is 0 Å². The number of aliphatic hydroxyl groups excluding tert-OH is 1. The monoisotopic (exact) mass is 200 g/mol. The minimum atomic E-state index is -0.418. The van der Waals surface area contributed by atoms with E-state index in [0.29, 0.717) is 6.42 Å². The van der Waals surface area contributed by atoms with E-state index >= 15 is 0 Å². The van der Waals surface area contributed by atoms with Crippen molar-refractivity contribution in [2.24, 2.45) is 0 Å². The van der Waals surface area contributed by atoms with Crippen LogP contribution in [0.5, 0.6) is 0 Å². The van der Waals surface area contributed by atoms with Gasteiger partial charge in [-0.1, -0.05) is 6.92 Å². The lowest BCUT2D eigenvalue weighted by Crippen LogP contribution is -2.42. The molecule has 0 saturated carbocycles. The quantitative estimate of drug-likeness (QED) is 0.505. The Bertz CT molecular complexity index is 230. The van der Waals surface area contributed by atoms with Crippen LogP contribution in [0, 0.1) is 0 Å². The van der Waals surface area contributed by atoms with Crippen molar-refractivity contribution in [2.45, 2.75) is 38.3 Å². The summed E-state index contributed by atoms with van der Waals surface area (Å²) in [6.07, 6.45) is 1.65. The standard InChI is InChI=1S/C9H16N2O3/c1-2-6(3-4-12)10-7-5-8(13)11-9(7)14/h6-7,10,12H,2-5H2,1H3,(H,11,13,14). The van der Waals surface area contributed by atoms with Crippen LogP contribution in [0.4, 0.5) is 0 Å². The number of rotatable bonds is 5. The Balaban J connectivity index is 2.42. The summed E-state index contributed by atoms with van der Waals surface area (Å²) in [5, 5.41) is 14.0. The molecule has 80 valence electrons. The molecular weight excluding hydrogens is 184 g/mol. The van der Waals surface area contributed by atoms with Crippen molar-refractivity contribution in [2.75, 3.05) is 6.61 Å². The predicted octanol–water partition coefficient (Wildman–Crippen LogP) is -0.848. The summed E-state index contributed by atoms with van der Waals surface area (Å²) in [5.74, 6) is -0.488. The average molecular weight is 200 g/mol. The maximum absolute atomic E-state index is 11.2. The summed E-state index contributed by atoms with van der Waals surface area (Å²) in [7, 11) is 0. The molecule has 1 fully saturated rings. The molecule has 1 saturated heterocycles. The minimum absolute atomic E-state index is 0.0911. The van der Waals surface area contributed by atoms with Crippen molar-refractivity contribution in [1.82, 2.24) is 10.6 Å². The Kier molecular flexibility index (Phi) is 4.03. The van der Waals surface area contributed by atoms with Crippen molar-refractivity contribution >= 4 is 11.8 Å². The molecule has 5 nitrogen and oxygen atoms in total. The highest BCUT2D eigenvalue weighted by molar-refractivity contribution is 6.05. The van der Waals surface area contributed by atoms with Gasteiger partial charge in [0.05, 0.1) is 12.5 Å². The maximum Gasteiger partial charge on any atom is 0.244 e. The van der Waals surface area contributed by atoms with Crippen LogP contribution in [0.3, 0.4) is 0 Å². The molecule has 0 aromatic rings. The number of aliphatic hydroxyl groups is 1. The third kappa shape index (κ3) is 2.78. The van der Waals surface area contributed by atoms with E-state index in [1.54, 1.807) is 0 Å². The number of amides is 2. The lowest BCUT2D eigenvalue weighted by molar-refractivity contribution is -0.125. The molecule has 5 heteroatoms. The van der Waals surface area contributed by atoms with Gasteiger partial charge in [-0.2, -0.15) is 0 Å². The second kappa shape index (κ2) is 5.07. The zero-order valence-corrected chi connectivity index (χ0v) is 8.25. The fourth-order valence-electron chi connectivity index (χ4n) is 1.53. The number of carbonyl (C=O) groups excluding carboxylic acids is 2. The van der Waals surface area contributed by atoms with E-state index < -0.39 is 6.04 Å². The molecule has 0 radical (unpaired) electrons. The van der Waals surface area contributed by atoms with Gasteiger partial charge in [-0.25, -0.2) is 0 Å². The molecule has 3 N–H and O–H groups in total. The molecule has 0 aliphatic carbocycles. The minimum Gasteiger partial charge on any atom is -0.396 e. The Morgan fingerprint density at radius 3 is 2.79 bits per heavy atom. The van der Waals surface area contributed by atoms with Crippen LogP contribution in [0.15, 0.2) is 0 Å². The lowest BCUT2D eigenvalue weighted by Gasteiger charge is -2.18. The first-order chi connectivity index (χ1) is 6.67.